The zero-order chi connectivity index (χ0) is 22.3. The fourth-order valence-electron chi connectivity index (χ4n) is 2.58. The molecule has 1 heterocycles. The minimum atomic E-state index is -4.71. The molecular formula is C20H19F3N4O4. The van der Waals surface area contributed by atoms with E-state index in [1.165, 1.54) is 24.3 Å². The second kappa shape index (κ2) is 10.0. The Labute approximate surface area is 175 Å². The highest BCUT2D eigenvalue weighted by Gasteiger charge is 2.38. The van der Waals surface area contributed by atoms with Gasteiger partial charge in [-0.15, -0.1) is 0 Å². The third kappa shape index (κ3) is 6.03. The van der Waals surface area contributed by atoms with Crippen molar-refractivity contribution in [1.29, 1.82) is 0 Å². The summed E-state index contributed by atoms with van der Waals surface area (Å²) in [6.45, 7) is 0.958. The predicted octanol–water partition coefficient (Wildman–Crippen LogP) is 3.22. The first-order valence-corrected chi connectivity index (χ1v) is 9.14. The maximum absolute atomic E-state index is 12.5. The van der Waals surface area contributed by atoms with Crippen molar-refractivity contribution in [2.24, 2.45) is 0 Å². The number of alkyl halides is 3. The molecule has 31 heavy (non-hydrogen) atoms. The molecule has 3 rings (SSSR count). The molecule has 11 heteroatoms. The van der Waals surface area contributed by atoms with Gasteiger partial charge in [0.25, 0.3) is 5.91 Å². The number of methoxy groups -OCH3 is 1. The summed E-state index contributed by atoms with van der Waals surface area (Å²) in [4.78, 5) is 20.8. The average molecular weight is 436 g/mol. The first-order chi connectivity index (χ1) is 14.9. The molecule has 3 aromatic rings. The van der Waals surface area contributed by atoms with Gasteiger partial charge in [0.1, 0.15) is 5.75 Å². The minimum absolute atomic E-state index is 0.212. The van der Waals surface area contributed by atoms with Gasteiger partial charge in [-0.25, -0.2) is 5.48 Å². The predicted molar refractivity (Wildman–Crippen MR) is 103 cm³/mol. The summed E-state index contributed by atoms with van der Waals surface area (Å²) < 4.78 is 47.0. The van der Waals surface area contributed by atoms with Gasteiger partial charge in [0.2, 0.25) is 5.82 Å². The van der Waals surface area contributed by atoms with E-state index in [9.17, 15) is 18.0 Å². The number of amides is 1. The second-order valence-electron chi connectivity index (χ2n) is 6.25. The van der Waals surface area contributed by atoms with Gasteiger partial charge < -0.3 is 14.6 Å². The van der Waals surface area contributed by atoms with Crippen molar-refractivity contribution in [3.8, 4) is 17.1 Å². The number of hydroxylamine groups is 1. The number of hydrogen-bond acceptors (Lipinski definition) is 7. The lowest BCUT2D eigenvalue weighted by Gasteiger charge is -2.10. The third-order valence-electron chi connectivity index (χ3n) is 4.11. The summed E-state index contributed by atoms with van der Waals surface area (Å²) in [6, 6.07) is 13.2. The molecule has 0 unspecified atom stereocenters. The number of hydrogen-bond donors (Lipinski definition) is 2. The van der Waals surface area contributed by atoms with Crippen LogP contribution in [0.4, 0.5) is 13.2 Å². The van der Waals surface area contributed by atoms with Gasteiger partial charge in [0, 0.05) is 29.8 Å². The van der Waals surface area contributed by atoms with E-state index in [0.717, 1.165) is 11.3 Å². The molecule has 0 saturated carbocycles. The number of carbonyl (C=O) groups excluding carboxylic acids is 1. The molecule has 2 aromatic carbocycles. The molecule has 0 aliphatic carbocycles. The van der Waals surface area contributed by atoms with Crippen molar-refractivity contribution in [2.75, 3.05) is 20.2 Å². The lowest BCUT2D eigenvalue weighted by atomic mass is 10.1. The molecule has 0 aliphatic rings. The largest absolute Gasteiger partial charge is 0.496 e. The monoisotopic (exact) mass is 436 g/mol. The average Bonchev–Trinajstić information content (AvgIpc) is 3.27. The van der Waals surface area contributed by atoms with E-state index in [1.807, 2.05) is 24.3 Å². The normalized spacial score (nSPS) is 11.4. The van der Waals surface area contributed by atoms with Crippen LogP contribution in [0, 0.1) is 0 Å². The number of halogens is 3. The molecule has 0 radical (unpaired) electrons. The summed E-state index contributed by atoms with van der Waals surface area (Å²) in [7, 11) is 1.58. The second-order valence-corrected chi connectivity index (χ2v) is 6.25. The SMILES string of the molecule is COc1ccccc1CONCCNC(=O)c1ccc(-c2noc(C(F)(F)F)n2)cc1. The highest BCUT2D eigenvalue weighted by Crippen LogP contribution is 2.29. The number of rotatable bonds is 9. The van der Waals surface area contributed by atoms with E-state index in [1.54, 1.807) is 7.11 Å². The number of aromatic nitrogens is 2. The van der Waals surface area contributed by atoms with Crippen molar-refractivity contribution in [3.05, 3.63) is 65.5 Å². The van der Waals surface area contributed by atoms with E-state index < -0.39 is 12.1 Å². The van der Waals surface area contributed by atoms with Gasteiger partial charge in [0.05, 0.1) is 13.7 Å². The summed E-state index contributed by atoms with van der Waals surface area (Å²) in [6.07, 6.45) is -4.71. The van der Waals surface area contributed by atoms with Crippen LogP contribution < -0.4 is 15.5 Å². The van der Waals surface area contributed by atoms with E-state index in [-0.39, 0.29) is 11.7 Å². The van der Waals surface area contributed by atoms with E-state index in [4.69, 9.17) is 9.57 Å². The Hall–Kier alpha value is -3.44. The van der Waals surface area contributed by atoms with Crippen LogP contribution >= 0.6 is 0 Å². The molecule has 8 nitrogen and oxygen atoms in total. The maximum Gasteiger partial charge on any atom is 0.471 e. The van der Waals surface area contributed by atoms with Crippen LogP contribution in [0.1, 0.15) is 21.8 Å². The van der Waals surface area contributed by atoms with Crippen molar-refractivity contribution in [2.45, 2.75) is 12.8 Å². The Morgan fingerprint density at radius 2 is 1.84 bits per heavy atom. The minimum Gasteiger partial charge on any atom is -0.496 e. The van der Waals surface area contributed by atoms with Crippen LogP contribution in [0.25, 0.3) is 11.4 Å². The Morgan fingerprint density at radius 1 is 1.10 bits per heavy atom. The molecule has 1 amide bonds. The van der Waals surface area contributed by atoms with Crippen LogP contribution in [0.5, 0.6) is 5.75 Å². The van der Waals surface area contributed by atoms with Crippen molar-refractivity contribution < 1.29 is 32.1 Å². The van der Waals surface area contributed by atoms with Crippen molar-refractivity contribution >= 4 is 5.91 Å². The fourth-order valence-corrected chi connectivity index (χ4v) is 2.58. The zero-order valence-electron chi connectivity index (χ0n) is 16.4. The van der Waals surface area contributed by atoms with Crippen LogP contribution in [0.2, 0.25) is 0 Å². The van der Waals surface area contributed by atoms with Gasteiger partial charge in [-0.05, 0) is 18.2 Å². The number of carbonyl (C=O) groups is 1. The van der Waals surface area contributed by atoms with Gasteiger partial charge in [-0.1, -0.05) is 35.5 Å². The van der Waals surface area contributed by atoms with Crippen LogP contribution in [-0.4, -0.2) is 36.2 Å². The molecule has 2 N–H and O–H groups in total. The summed E-state index contributed by atoms with van der Waals surface area (Å²) in [5.41, 5.74) is 4.25. The summed E-state index contributed by atoms with van der Waals surface area (Å²) >= 11 is 0. The third-order valence-corrected chi connectivity index (χ3v) is 4.11. The van der Waals surface area contributed by atoms with Crippen LogP contribution in [0.3, 0.4) is 0 Å². The molecule has 164 valence electrons. The van der Waals surface area contributed by atoms with E-state index in [0.29, 0.717) is 30.8 Å². The fraction of sp³-hybridized carbons (Fsp3) is 0.250. The maximum atomic E-state index is 12.5. The van der Waals surface area contributed by atoms with Gasteiger partial charge in [-0.2, -0.15) is 18.2 Å². The Balaban J connectivity index is 1.42. The molecule has 0 saturated heterocycles. The standard InChI is InChI=1S/C20H19F3N4O4/c1-29-16-5-3-2-4-15(16)12-30-25-11-10-24-18(28)14-8-6-13(7-9-14)17-26-19(31-27-17)20(21,22)23/h2-9,25H,10-12H2,1H3,(H,24,28). The molecule has 0 aliphatic heterocycles. The Morgan fingerprint density at radius 3 is 2.52 bits per heavy atom. The highest BCUT2D eigenvalue weighted by atomic mass is 19.4. The first kappa shape index (κ1) is 22.2. The molecule has 0 spiro atoms. The molecule has 0 atom stereocenters. The Kier molecular flexibility index (Phi) is 7.21. The lowest BCUT2D eigenvalue weighted by Crippen LogP contribution is -2.31. The number of benzene rings is 2. The topological polar surface area (TPSA) is 98.5 Å². The number of ether oxygens (including phenoxy) is 1. The molecule has 0 fully saturated rings. The first-order valence-electron chi connectivity index (χ1n) is 9.14. The lowest BCUT2D eigenvalue weighted by molar-refractivity contribution is -0.159. The van der Waals surface area contributed by atoms with Gasteiger partial charge in [0.15, 0.2) is 0 Å². The zero-order valence-corrected chi connectivity index (χ0v) is 16.4. The van der Waals surface area contributed by atoms with E-state index in [2.05, 4.69) is 25.5 Å². The summed E-state index contributed by atoms with van der Waals surface area (Å²) in [5.74, 6) is -1.26. The van der Waals surface area contributed by atoms with Gasteiger partial charge >= 0.3 is 12.1 Å². The van der Waals surface area contributed by atoms with Crippen molar-refractivity contribution in [3.63, 3.8) is 0 Å². The van der Waals surface area contributed by atoms with Gasteiger partial charge in [-0.3, -0.25) is 9.63 Å². The van der Waals surface area contributed by atoms with Crippen molar-refractivity contribution in [1.82, 2.24) is 20.9 Å². The van der Waals surface area contributed by atoms with E-state index >= 15 is 0 Å². The quantitative estimate of drug-likeness (QED) is 0.393. The summed E-state index contributed by atoms with van der Waals surface area (Å²) in [5, 5.41) is 6.00. The number of para-hydroxylation sites is 1. The Bertz CT molecular complexity index is 1010. The van der Waals surface area contributed by atoms with Crippen LogP contribution in [-0.2, 0) is 17.6 Å². The molecule has 0 bridgehead atoms. The van der Waals surface area contributed by atoms with Crippen LogP contribution in [0.15, 0.2) is 53.1 Å². The smallest absolute Gasteiger partial charge is 0.471 e. The highest BCUT2D eigenvalue weighted by molar-refractivity contribution is 5.94. The molecule has 1 aromatic heterocycles. The molecular weight excluding hydrogens is 417 g/mol. The number of nitrogens with zero attached hydrogens (tertiary/aromatic N) is 2. The number of nitrogens with one attached hydrogen (secondary N) is 2.